The van der Waals surface area contributed by atoms with Gasteiger partial charge in [0.05, 0.1) is 7.11 Å². The van der Waals surface area contributed by atoms with Crippen molar-refractivity contribution < 1.29 is 4.74 Å². The number of hydrogen-bond acceptors (Lipinski definition) is 2. The highest BCUT2D eigenvalue weighted by atomic mass is 16.5. The zero-order valence-electron chi connectivity index (χ0n) is 9.91. The van der Waals surface area contributed by atoms with E-state index in [-0.39, 0.29) is 0 Å². The predicted molar refractivity (Wildman–Crippen MR) is 64.7 cm³/mol. The van der Waals surface area contributed by atoms with E-state index in [1.807, 2.05) is 0 Å². The minimum absolute atomic E-state index is 0.786. The van der Waals surface area contributed by atoms with Crippen LogP contribution >= 0.6 is 0 Å². The minimum Gasteiger partial charge on any atom is -0.497 e. The Labute approximate surface area is 97.2 Å². The fourth-order valence-corrected chi connectivity index (χ4v) is 3.05. The molecule has 0 bridgehead atoms. The second-order valence-electron chi connectivity index (χ2n) is 4.96. The van der Waals surface area contributed by atoms with E-state index in [0.717, 1.165) is 18.3 Å². The Morgan fingerprint density at radius 1 is 1.25 bits per heavy atom. The maximum Gasteiger partial charge on any atom is 0.119 e. The number of benzene rings is 1. The van der Waals surface area contributed by atoms with Gasteiger partial charge in [-0.05, 0) is 49.1 Å². The maximum atomic E-state index is 5.30. The molecule has 2 heteroatoms. The van der Waals surface area contributed by atoms with E-state index < -0.39 is 0 Å². The van der Waals surface area contributed by atoms with Gasteiger partial charge >= 0.3 is 0 Å². The summed E-state index contributed by atoms with van der Waals surface area (Å²) in [7, 11) is 1.75. The molecule has 0 amide bonds. The highest BCUT2D eigenvalue weighted by Crippen LogP contribution is 2.31. The fourth-order valence-electron chi connectivity index (χ4n) is 3.05. The molecule has 0 aromatic heterocycles. The molecule has 2 nitrogen and oxygen atoms in total. The SMILES string of the molecule is COc1ccc2c(c1)CC1CCCCN1C2. The first-order valence-electron chi connectivity index (χ1n) is 6.26. The number of rotatable bonds is 1. The number of hydrogen-bond donors (Lipinski definition) is 0. The molecule has 2 aliphatic rings. The molecule has 0 spiro atoms. The van der Waals surface area contributed by atoms with Crippen molar-refractivity contribution in [3.8, 4) is 5.75 Å². The molecule has 0 N–H and O–H groups in total. The smallest absolute Gasteiger partial charge is 0.119 e. The summed E-state index contributed by atoms with van der Waals surface area (Å²) < 4.78 is 5.30. The van der Waals surface area contributed by atoms with Gasteiger partial charge in [0.25, 0.3) is 0 Å². The molecule has 0 saturated carbocycles. The molecule has 1 saturated heterocycles. The van der Waals surface area contributed by atoms with Crippen molar-refractivity contribution in [2.75, 3.05) is 13.7 Å². The summed E-state index contributed by atoms with van der Waals surface area (Å²) in [4.78, 5) is 2.65. The van der Waals surface area contributed by atoms with Crippen LogP contribution in [0.2, 0.25) is 0 Å². The average Bonchev–Trinajstić information content (AvgIpc) is 2.35. The molecule has 1 unspecified atom stereocenters. The van der Waals surface area contributed by atoms with Gasteiger partial charge in [0.1, 0.15) is 5.75 Å². The van der Waals surface area contributed by atoms with Crippen molar-refractivity contribution in [1.29, 1.82) is 0 Å². The first kappa shape index (κ1) is 10.2. The van der Waals surface area contributed by atoms with Crippen LogP contribution in [0.1, 0.15) is 30.4 Å². The van der Waals surface area contributed by atoms with Gasteiger partial charge < -0.3 is 4.74 Å². The van der Waals surface area contributed by atoms with Crippen LogP contribution in [0.15, 0.2) is 18.2 Å². The molecule has 0 radical (unpaired) electrons. The number of fused-ring (bicyclic) bond motifs is 2. The van der Waals surface area contributed by atoms with Crippen molar-refractivity contribution in [1.82, 2.24) is 4.90 Å². The molecule has 1 fully saturated rings. The lowest BCUT2D eigenvalue weighted by Crippen LogP contribution is -2.43. The van der Waals surface area contributed by atoms with Gasteiger partial charge in [-0.2, -0.15) is 0 Å². The molecule has 0 aliphatic carbocycles. The Kier molecular flexibility index (Phi) is 2.60. The second-order valence-corrected chi connectivity index (χ2v) is 4.96. The van der Waals surface area contributed by atoms with Crippen LogP contribution in [0, 0.1) is 0 Å². The van der Waals surface area contributed by atoms with E-state index >= 15 is 0 Å². The lowest BCUT2D eigenvalue weighted by atomic mass is 9.88. The van der Waals surface area contributed by atoms with Crippen LogP contribution in [0.5, 0.6) is 5.75 Å². The highest BCUT2D eigenvalue weighted by molar-refractivity contribution is 5.37. The monoisotopic (exact) mass is 217 g/mol. The van der Waals surface area contributed by atoms with Gasteiger partial charge in [-0.25, -0.2) is 0 Å². The van der Waals surface area contributed by atoms with Gasteiger partial charge in [0.15, 0.2) is 0 Å². The molecule has 3 rings (SSSR count). The molecular weight excluding hydrogens is 198 g/mol. The van der Waals surface area contributed by atoms with E-state index in [1.54, 1.807) is 7.11 Å². The van der Waals surface area contributed by atoms with Crippen LogP contribution in [0.3, 0.4) is 0 Å². The van der Waals surface area contributed by atoms with E-state index in [2.05, 4.69) is 23.1 Å². The summed E-state index contributed by atoms with van der Waals surface area (Å²) >= 11 is 0. The largest absolute Gasteiger partial charge is 0.497 e. The molecule has 86 valence electrons. The van der Waals surface area contributed by atoms with Crippen LogP contribution in [0.25, 0.3) is 0 Å². The van der Waals surface area contributed by atoms with Crippen LogP contribution in [-0.2, 0) is 13.0 Å². The first-order chi connectivity index (χ1) is 7.86. The Balaban J connectivity index is 1.89. The Bertz CT molecular complexity index is 388. The number of nitrogens with zero attached hydrogens (tertiary/aromatic N) is 1. The van der Waals surface area contributed by atoms with Gasteiger partial charge in [0, 0.05) is 12.6 Å². The standard InChI is InChI=1S/C14H19NO/c1-16-14-6-5-11-10-15-7-3-2-4-13(15)8-12(11)9-14/h5-6,9,13H,2-4,7-8,10H2,1H3. The number of ether oxygens (including phenoxy) is 1. The zero-order valence-corrected chi connectivity index (χ0v) is 9.91. The third kappa shape index (κ3) is 1.71. The fraction of sp³-hybridized carbons (Fsp3) is 0.571. The van der Waals surface area contributed by atoms with E-state index in [4.69, 9.17) is 4.74 Å². The lowest BCUT2D eigenvalue weighted by molar-refractivity contribution is 0.127. The van der Waals surface area contributed by atoms with Crippen LogP contribution in [-0.4, -0.2) is 24.6 Å². The summed E-state index contributed by atoms with van der Waals surface area (Å²) in [6, 6.07) is 7.33. The summed E-state index contributed by atoms with van der Waals surface area (Å²) in [6.07, 6.45) is 5.37. The first-order valence-corrected chi connectivity index (χ1v) is 6.26. The Morgan fingerprint density at radius 3 is 3.06 bits per heavy atom. The second kappa shape index (κ2) is 4.10. The summed E-state index contributed by atoms with van der Waals surface area (Å²) in [5, 5.41) is 0. The lowest BCUT2D eigenvalue weighted by Gasteiger charge is -2.40. The molecule has 1 aromatic carbocycles. The van der Waals surface area contributed by atoms with Crippen LogP contribution < -0.4 is 4.74 Å². The third-order valence-corrected chi connectivity index (χ3v) is 3.99. The molecule has 1 atom stereocenters. The van der Waals surface area contributed by atoms with E-state index in [1.165, 1.54) is 43.4 Å². The third-order valence-electron chi connectivity index (χ3n) is 3.99. The summed E-state index contributed by atoms with van der Waals surface area (Å²) in [6.45, 7) is 2.43. The normalized spacial score (nSPS) is 24.7. The van der Waals surface area contributed by atoms with Crippen molar-refractivity contribution in [3.05, 3.63) is 29.3 Å². The molecule has 2 heterocycles. The van der Waals surface area contributed by atoms with E-state index in [9.17, 15) is 0 Å². The topological polar surface area (TPSA) is 12.5 Å². The summed E-state index contributed by atoms with van der Waals surface area (Å²) in [5.74, 6) is 1.00. The van der Waals surface area contributed by atoms with Crippen molar-refractivity contribution in [2.45, 2.75) is 38.3 Å². The zero-order chi connectivity index (χ0) is 11.0. The Morgan fingerprint density at radius 2 is 2.19 bits per heavy atom. The van der Waals surface area contributed by atoms with Gasteiger partial charge in [0.2, 0.25) is 0 Å². The van der Waals surface area contributed by atoms with Crippen molar-refractivity contribution >= 4 is 0 Å². The maximum absolute atomic E-state index is 5.30. The van der Waals surface area contributed by atoms with Crippen molar-refractivity contribution in [2.24, 2.45) is 0 Å². The molecule has 2 aliphatic heterocycles. The van der Waals surface area contributed by atoms with Crippen LogP contribution in [0.4, 0.5) is 0 Å². The predicted octanol–water partition coefficient (Wildman–Crippen LogP) is 2.61. The molecular formula is C14H19NO. The summed E-state index contributed by atoms with van der Waals surface area (Å²) in [5.41, 5.74) is 3.00. The quantitative estimate of drug-likeness (QED) is 0.717. The number of methoxy groups -OCH3 is 1. The number of piperidine rings is 1. The Hall–Kier alpha value is -1.02. The molecule has 16 heavy (non-hydrogen) atoms. The van der Waals surface area contributed by atoms with Gasteiger partial charge in [-0.1, -0.05) is 12.5 Å². The van der Waals surface area contributed by atoms with Crippen molar-refractivity contribution in [3.63, 3.8) is 0 Å². The minimum atomic E-state index is 0.786. The van der Waals surface area contributed by atoms with E-state index in [0.29, 0.717) is 0 Å². The van der Waals surface area contributed by atoms with Gasteiger partial charge in [-0.3, -0.25) is 4.90 Å². The average molecular weight is 217 g/mol. The molecule has 1 aromatic rings. The van der Waals surface area contributed by atoms with Gasteiger partial charge in [-0.15, -0.1) is 0 Å². The highest BCUT2D eigenvalue weighted by Gasteiger charge is 2.28.